The van der Waals surface area contributed by atoms with Crippen molar-refractivity contribution in [2.45, 2.75) is 32.9 Å². The first kappa shape index (κ1) is 15.3. The number of carbonyl (C=O) groups excluding carboxylic acids is 2. The van der Waals surface area contributed by atoms with Gasteiger partial charge in [0.2, 0.25) is 13.3 Å². The highest BCUT2D eigenvalue weighted by atomic mass is 31.2. The summed E-state index contributed by atoms with van der Waals surface area (Å²) in [4.78, 5) is 25.3. The summed E-state index contributed by atoms with van der Waals surface area (Å²) in [6, 6.07) is -0.289. The smallest absolute Gasteiger partial charge is 0.241 e. The second-order valence-electron chi connectivity index (χ2n) is 5.87. The number of carbonyl (C=O) groups is 2. The predicted octanol–water partition coefficient (Wildman–Crippen LogP) is 1.20. The van der Waals surface area contributed by atoms with Gasteiger partial charge >= 0.3 is 0 Å². The van der Waals surface area contributed by atoms with Crippen molar-refractivity contribution in [2.24, 2.45) is 11.8 Å². The van der Waals surface area contributed by atoms with E-state index in [1.54, 1.807) is 6.92 Å². The molecule has 0 aliphatic carbocycles. The first-order valence-electron chi connectivity index (χ1n) is 6.57. The number of hydrogen-bond donors (Lipinski definition) is 1. The minimum Gasteiger partial charge on any atom is -0.445 e. The number of fused-ring (bicyclic) bond motifs is 1. The van der Waals surface area contributed by atoms with Gasteiger partial charge in [-0.2, -0.15) is 0 Å². The van der Waals surface area contributed by atoms with E-state index in [1.807, 2.05) is 6.92 Å². The first-order valence-corrected chi connectivity index (χ1v) is 9.09. The minimum absolute atomic E-state index is 0.188. The van der Waals surface area contributed by atoms with E-state index >= 15 is 0 Å². The lowest BCUT2D eigenvalue weighted by atomic mass is 9.79. The highest BCUT2D eigenvalue weighted by molar-refractivity contribution is 7.57. The highest BCUT2D eigenvalue weighted by Crippen LogP contribution is 2.52. The summed E-state index contributed by atoms with van der Waals surface area (Å²) in [5.74, 6) is -1.04. The number of ketones is 1. The van der Waals surface area contributed by atoms with Crippen LogP contribution >= 0.6 is 7.37 Å². The van der Waals surface area contributed by atoms with Gasteiger partial charge in [-0.1, -0.05) is 6.92 Å². The molecule has 2 heterocycles. The molecule has 112 valence electrons. The Morgan fingerprint density at radius 2 is 2.00 bits per heavy atom. The Morgan fingerprint density at radius 1 is 1.45 bits per heavy atom. The molecule has 0 aromatic carbocycles. The first-order chi connectivity index (χ1) is 9.06. The maximum absolute atomic E-state index is 12.1. The summed E-state index contributed by atoms with van der Waals surface area (Å²) in [6.45, 7) is 7.67. The van der Waals surface area contributed by atoms with Crippen LogP contribution in [0, 0.1) is 11.8 Å². The third kappa shape index (κ3) is 2.21. The zero-order valence-corrected chi connectivity index (χ0v) is 13.2. The van der Waals surface area contributed by atoms with Gasteiger partial charge in [0.1, 0.15) is 11.5 Å². The van der Waals surface area contributed by atoms with Crippen LogP contribution in [-0.2, 0) is 18.7 Å². The van der Waals surface area contributed by atoms with Crippen LogP contribution in [-0.4, -0.2) is 47.2 Å². The van der Waals surface area contributed by atoms with Crippen molar-refractivity contribution < 1.29 is 23.8 Å². The summed E-state index contributed by atoms with van der Waals surface area (Å²) in [6.07, 6.45) is -0.784. The normalized spacial score (nSPS) is 31.0. The quantitative estimate of drug-likeness (QED) is 0.623. The Bertz CT molecular complexity index is 547. The number of rotatable bonds is 4. The molecule has 0 saturated carbocycles. The number of Topliss-reactive ketones (excluding diaryl/α,β-unsaturated/α-hetero) is 1. The van der Waals surface area contributed by atoms with E-state index in [9.17, 15) is 19.3 Å². The van der Waals surface area contributed by atoms with Crippen molar-refractivity contribution >= 4 is 19.1 Å². The lowest BCUT2D eigenvalue weighted by Crippen LogP contribution is -2.63. The average molecular weight is 301 g/mol. The van der Waals surface area contributed by atoms with Crippen molar-refractivity contribution in [2.75, 3.05) is 13.3 Å². The minimum atomic E-state index is -2.83. The molecule has 1 fully saturated rings. The number of amides is 1. The Balaban J connectivity index is 2.43. The molecule has 0 aromatic heterocycles. The van der Waals surface area contributed by atoms with Crippen LogP contribution in [0.1, 0.15) is 20.8 Å². The van der Waals surface area contributed by atoms with Gasteiger partial charge in [0.15, 0.2) is 5.78 Å². The molecule has 0 aromatic rings. The van der Waals surface area contributed by atoms with Crippen LogP contribution in [0.2, 0.25) is 0 Å². The van der Waals surface area contributed by atoms with Gasteiger partial charge < -0.3 is 14.5 Å². The van der Waals surface area contributed by atoms with Crippen molar-refractivity contribution in [3.05, 3.63) is 11.5 Å². The molecule has 0 unspecified atom stereocenters. The molecule has 2 aliphatic rings. The van der Waals surface area contributed by atoms with Gasteiger partial charge in [0.25, 0.3) is 0 Å². The Labute approximate surface area is 118 Å². The van der Waals surface area contributed by atoms with Gasteiger partial charge in [0, 0.05) is 26.2 Å². The second-order valence-corrected chi connectivity index (χ2v) is 8.55. The molecule has 7 heteroatoms. The fourth-order valence-corrected chi connectivity index (χ4v) is 3.74. The predicted molar refractivity (Wildman–Crippen MR) is 73.2 cm³/mol. The molecule has 0 radical (unpaired) electrons. The van der Waals surface area contributed by atoms with E-state index in [1.165, 1.54) is 25.2 Å². The van der Waals surface area contributed by atoms with Gasteiger partial charge in [-0.25, -0.2) is 0 Å². The SMILES string of the molecule is CC(=O)C1=C(OP(C)(C)=O)[C@H](C)[C@@H]2[C@@H]([C@@H](C)O)C(=O)N12. The molecule has 4 atom stereocenters. The molecule has 2 rings (SSSR count). The number of aliphatic hydroxyl groups excluding tert-OH is 1. The van der Waals surface area contributed by atoms with Gasteiger partial charge in [-0.05, 0) is 6.92 Å². The monoisotopic (exact) mass is 301 g/mol. The van der Waals surface area contributed by atoms with Gasteiger partial charge in [0.05, 0.1) is 18.1 Å². The number of allylic oxidation sites excluding steroid dienone is 1. The molecule has 20 heavy (non-hydrogen) atoms. The molecular formula is C13H20NO5P. The Kier molecular flexibility index (Phi) is 3.59. The van der Waals surface area contributed by atoms with Gasteiger partial charge in [-0.3, -0.25) is 14.2 Å². The molecule has 0 bridgehead atoms. The van der Waals surface area contributed by atoms with Crippen molar-refractivity contribution in [3.63, 3.8) is 0 Å². The maximum atomic E-state index is 12.1. The molecule has 0 spiro atoms. The molecule has 1 N–H and O–H groups in total. The maximum Gasteiger partial charge on any atom is 0.241 e. The van der Waals surface area contributed by atoms with E-state index in [4.69, 9.17) is 4.52 Å². The lowest BCUT2D eigenvalue weighted by molar-refractivity contribution is -0.161. The van der Waals surface area contributed by atoms with Crippen LogP contribution in [0.25, 0.3) is 0 Å². The molecule has 2 aliphatic heterocycles. The Hall–Kier alpha value is -1.13. The number of hydrogen-bond acceptors (Lipinski definition) is 5. The average Bonchev–Trinajstić information content (AvgIpc) is 2.48. The zero-order chi connectivity index (χ0) is 15.4. The number of β-lactam (4-membered cyclic amide) rings is 1. The van der Waals surface area contributed by atoms with Crippen molar-refractivity contribution in [1.29, 1.82) is 0 Å². The van der Waals surface area contributed by atoms with Crippen molar-refractivity contribution in [1.82, 2.24) is 4.90 Å². The third-order valence-corrected chi connectivity index (χ3v) is 4.40. The van der Waals surface area contributed by atoms with Crippen LogP contribution < -0.4 is 0 Å². The molecular weight excluding hydrogens is 281 g/mol. The summed E-state index contributed by atoms with van der Waals surface area (Å²) in [5.41, 5.74) is 0.188. The molecule has 6 nitrogen and oxygen atoms in total. The topological polar surface area (TPSA) is 83.9 Å². The zero-order valence-electron chi connectivity index (χ0n) is 12.3. The van der Waals surface area contributed by atoms with Crippen LogP contribution in [0.3, 0.4) is 0 Å². The van der Waals surface area contributed by atoms with E-state index in [-0.39, 0.29) is 29.3 Å². The number of nitrogens with zero attached hydrogens (tertiary/aromatic N) is 1. The fraction of sp³-hybridized carbons (Fsp3) is 0.692. The van der Waals surface area contributed by atoms with Crippen LogP contribution in [0.5, 0.6) is 0 Å². The second kappa shape index (κ2) is 4.71. The van der Waals surface area contributed by atoms with Crippen molar-refractivity contribution in [3.8, 4) is 0 Å². The van der Waals surface area contributed by atoms with Crippen LogP contribution in [0.4, 0.5) is 0 Å². The third-order valence-electron chi connectivity index (χ3n) is 3.76. The highest BCUT2D eigenvalue weighted by Gasteiger charge is 2.60. The van der Waals surface area contributed by atoms with Gasteiger partial charge in [-0.15, -0.1) is 0 Å². The van der Waals surface area contributed by atoms with E-state index in [2.05, 4.69) is 0 Å². The summed E-state index contributed by atoms with van der Waals surface area (Å²) >= 11 is 0. The standard InChI is InChI=1S/C13H20NO5P/c1-6-10-9(7(2)15)13(17)14(10)11(8(3)16)12(6)19-20(4,5)18/h6-7,9-10,15H,1-5H3/t6-,7-,9-,10-/m1/s1. The summed E-state index contributed by atoms with van der Waals surface area (Å²) in [7, 11) is -2.83. The molecule has 1 saturated heterocycles. The van der Waals surface area contributed by atoms with Crippen LogP contribution in [0.15, 0.2) is 11.5 Å². The summed E-state index contributed by atoms with van der Waals surface area (Å²) in [5, 5.41) is 9.70. The van der Waals surface area contributed by atoms with E-state index in [0.29, 0.717) is 5.76 Å². The van der Waals surface area contributed by atoms with E-state index in [0.717, 1.165) is 0 Å². The number of aliphatic hydroxyl groups is 1. The molecule has 1 amide bonds. The largest absolute Gasteiger partial charge is 0.445 e. The fourth-order valence-electron chi connectivity index (χ4n) is 3.01. The summed E-state index contributed by atoms with van der Waals surface area (Å²) < 4.78 is 17.4. The van der Waals surface area contributed by atoms with E-state index < -0.39 is 19.4 Å². The Morgan fingerprint density at radius 3 is 2.40 bits per heavy atom. The lowest BCUT2D eigenvalue weighted by Gasteiger charge is -2.46.